The summed E-state index contributed by atoms with van der Waals surface area (Å²) in [6.45, 7) is 2.05. The number of allylic oxidation sites excluding steroid dienone is 5. The number of carboxylic acids is 2. The highest BCUT2D eigenvalue weighted by Gasteiger charge is 2.28. The van der Waals surface area contributed by atoms with Crippen LogP contribution in [0.25, 0.3) is 0 Å². The molecule has 4 heteroatoms. The summed E-state index contributed by atoms with van der Waals surface area (Å²) < 4.78 is 0. The minimum Gasteiger partial charge on any atom is -0.477 e. The van der Waals surface area contributed by atoms with Gasteiger partial charge in [0.2, 0.25) is 0 Å². The van der Waals surface area contributed by atoms with Gasteiger partial charge in [0.1, 0.15) is 5.57 Å². The third-order valence-electron chi connectivity index (χ3n) is 3.06. The summed E-state index contributed by atoms with van der Waals surface area (Å²) >= 11 is 0. The van der Waals surface area contributed by atoms with Crippen molar-refractivity contribution in [2.24, 2.45) is 5.41 Å². The van der Waals surface area contributed by atoms with E-state index in [0.717, 1.165) is 19.3 Å². The van der Waals surface area contributed by atoms with Crippen LogP contribution in [0, 0.1) is 5.41 Å². The van der Waals surface area contributed by atoms with Gasteiger partial charge in [0.05, 0.1) is 0 Å². The van der Waals surface area contributed by atoms with E-state index in [-0.39, 0.29) is 0 Å². The second-order valence-electron chi connectivity index (χ2n) is 4.50. The van der Waals surface area contributed by atoms with Gasteiger partial charge in [-0.1, -0.05) is 50.1 Å². The molecule has 0 aromatic rings. The second kappa shape index (κ2) is 6.19. The molecule has 0 aliphatic heterocycles. The first-order valence-electron chi connectivity index (χ1n) is 6.04. The summed E-state index contributed by atoms with van der Waals surface area (Å²) in [5.41, 5.74) is -1.03. The molecule has 0 bridgehead atoms. The van der Waals surface area contributed by atoms with E-state index in [1.807, 2.05) is 24.3 Å². The maximum absolute atomic E-state index is 10.9. The Labute approximate surface area is 106 Å². The Morgan fingerprint density at radius 1 is 1.28 bits per heavy atom. The van der Waals surface area contributed by atoms with Gasteiger partial charge in [-0.15, -0.1) is 0 Å². The monoisotopic (exact) mass is 250 g/mol. The van der Waals surface area contributed by atoms with Gasteiger partial charge in [0, 0.05) is 5.41 Å². The van der Waals surface area contributed by atoms with Crippen LogP contribution < -0.4 is 0 Å². The van der Waals surface area contributed by atoms with Crippen LogP contribution in [0.2, 0.25) is 0 Å². The first-order chi connectivity index (χ1) is 8.51. The van der Waals surface area contributed by atoms with Crippen molar-refractivity contribution < 1.29 is 19.8 Å². The average Bonchev–Trinajstić information content (AvgIpc) is 2.34. The zero-order chi connectivity index (χ0) is 13.6. The van der Waals surface area contributed by atoms with E-state index in [1.54, 1.807) is 0 Å². The van der Waals surface area contributed by atoms with Crippen molar-refractivity contribution in [3.63, 3.8) is 0 Å². The van der Waals surface area contributed by atoms with Crippen molar-refractivity contribution in [1.82, 2.24) is 0 Å². The Morgan fingerprint density at radius 2 is 1.94 bits per heavy atom. The number of rotatable bonds is 6. The molecule has 1 unspecified atom stereocenters. The summed E-state index contributed by atoms with van der Waals surface area (Å²) in [5.74, 6) is -2.78. The lowest BCUT2D eigenvalue weighted by atomic mass is 9.76. The maximum Gasteiger partial charge on any atom is 0.342 e. The predicted molar refractivity (Wildman–Crippen MR) is 68.2 cm³/mol. The van der Waals surface area contributed by atoms with Gasteiger partial charge >= 0.3 is 11.9 Å². The van der Waals surface area contributed by atoms with E-state index in [4.69, 9.17) is 10.2 Å². The van der Waals surface area contributed by atoms with Crippen molar-refractivity contribution >= 4 is 11.9 Å². The quantitative estimate of drug-likeness (QED) is 0.432. The summed E-state index contributed by atoms with van der Waals surface area (Å²) in [6, 6.07) is 0. The van der Waals surface area contributed by atoms with Crippen molar-refractivity contribution in [2.45, 2.75) is 32.6 Å². The highest BCUT2D eigenvalue weighted by Crippen LogP contribution is 2.36. The summed E-state index contributed by atoms with van der Waals surface area (Å²) in [5, 5.41) is 17.8. The van der Waals surface area contributed by atoms with Gasteiger partial charge in [-0.25, -0.2) is 9.59 Å². The lowest BCUT2D eigenvalue weighted by molar-refractivity contribution is -0.140. The molecule has 0 radical (unpaired) electrons. The van der Waals surface area contributed by atoms with Gasteiger partial charge in [-0.05, 0) is 12.8 Å². The van der Waals surface area contributed by atoms with Crippen LogP contribution in [0.5, 0.6) is 0 Å². The van der Waals surface area contributed by atoms with Crippen LogP contribution in [0.1, 0.15) is 32.6 Å². The van der Waals surface area contributed by atoms with E-state index in [2.05, 4.69) is 6.92 Å². The van der Waals surface area contributed by atoms with E-state index in [0.29, 0.717) is 6.42 Å². The van der Waals surface area contributed by atoms with E-state index in [1.165, 1.54) is 6.08 Å². The Kier molecular flexibility index (Phi) is 4.89. The topological polar surface area (TPSA) is 74.6 Å². The molecule has 1 aliphatic carbocycles. The lowest BCUT2D eigenvalue weighted by Gasteiger charge is -2.28. The number of hydrogen-bond acceptors (Lipinski definition) is 2. The van der Waals surface area contributed by atoms with E-state index in [9.17, 15) is 9.59 Å². The Bertz CT molecular complexity index is 402. The van der Waals surface area contributed by atoms with Gasteiger partial charge in [0.15, 0.2) is 0 Å². The number of unbranched alkanes of at least 4 members (excludes halogenated alkanes) is 1. The summed E-state index contributed by atoms with van der Waals surface area (Å²) in [7, 11) is 0. The number of carbonyl (C=O) groups is 2. The average molecular weight is 250 g/mol. The fourth-order valence-corrected chi connectivity index (χ4v) is 2.05. The molecule has 1 atom stereocenters. The zero-order valence-corrected chi connectivity index (χ0v) is 10.4. The molecule has 18 heavy (non-hydrogen) atoms. The minimum atomic E-state index is -1.39. The van der Waals surface area contributed by atoms with E-state index < -0.39 is 22.9 Å². The highest BCUT2D eigenvalue weighted by atomic mass is 16.4. The summed E-state index contributed by atoms with van der Waals surface area (Å²) in [6.07, 6.45) is 12.3. The molecule has 98 valence electrons. The fourth-order valence-electron chi connectivity index (χ4n) is 2.05. The highest BCUT2D eigenvalue weighted by molar-refractivity contribution is 6.12. The van der Waals surface area contributed by atoms with Crippen molar-refractivity contribution in [3.05, 3.63) is 36.0 Å². The molecule has 0 spiro atoms. The minimum absolute atomic E-state index is 0.475. The maximum atomic E-state index is 10.9. The van der Waals surface area contributed by atoms with Crippen molar-refractivity contribution in [2.75, 3.05) is 0 Å². The Balaban J connectivity index is 3.07. The lowest BCUT2D eigenvalue weighted by Crippen LogP contribution is -2.21. The van der Waals surface area contributed by atoms with Gasteiger partial charge in [-0.3, -0.25) is 0 Å². The number of aliphatic carboxylic acids is 2. The molecule has 0 heterocycles. The Hall–Kier alpha value is -1.84. The molecule has 0 fully saturated rings. The largest absolute Gasteiger partial charge is 0.477 e. The van der Waals surface area contributed by atoms with Gasteiger partial charge < -0.3 is 10.2 Å². The molecule has 2 N–H and O–H groups in total. The molecule has 1 rings (SSSR count). The van der Waals surface area contributed by atoms with Crippen LogP contribution in [-0.2, 0) is 9.59 Å². The molecule has 0 amide bonds. The van der Waals surface area contributed by atoms with Gasteiger partial charge in [0.25, 0.3) is 0 Å². The van der Waals surface area contributed by atoms with Crippen molar-refractivity contribution in [1.29, 1.82) is 0 Å². The van der Waals surface area contributed by atoms with Crippen LogP contribution >= 0.6 is 0 Å². The second-order valence-corrected chi connectivity index (χ2v) is 4.50. The molecular formula is C14H18O4. The molecule has 0 saturated carbocycles. The van der Waals surface area contributed by atoms with Gasteiger partial charge in [-0.2, -0.15) is 0 Å². The molecular weight excluding hydrogens is 232 g/mol. The standard InChI is InChI=1S/C14H18O4/c1-2-3-7-14(8-5-4-6-9-14)10-11(12(15)16)13(17)18/h4-6,8,10H,2-3,7,9H2,1H3,(H,15,16)(H,17,18). The number of hydrogen-bond donors (Lipinski definition) is 2. The first-order valence-corrected chi connectivity index (χ1v) is 6.04. The predicted octanol–water partition coefficient (Wildman–Crippen LogP) is 2.77. The fraction of sp³-hybridized carbons (Fsp3) is 0.429. The zero-order valence-electron chi connectivity index (χ0n) is 10.4. The van der Waals surface area contributed by atoms with Crippen LogP contribution in [-0.4, -0.2) is 22.2 Å². The molecule has 0 aromatic heterocycles. The molecule has 0 saturated heterocycles. The third-order valence-corrected chi connectivity index (χ3v) is 3.06. The smallest absolute Gasteiger partial charge is 0.342 e. The normalized spacial score (nSPS) is 21.6. The Morgan fingerprint density at radius 3 is 2.39 bits per heavy atom. The molecule has 0 aromatic carbocycles. The SMILES string of the molecule is CCCCC1(C=C(C(=O)O)C(=O)O)C=CC=CC1. The first kappa shape index (κ1) is 14.2. The third kappa shape index (κ3) is 3.58. The van der Waals surface area contributed by atoms with E-state index >= 15 is 0 Å². The van der Waals surface area contributed by atoms with Crippen LogP contribution in [0.3, 0.4) is 0 Å². The number of carboxylic acid groups (broad SMARTS) is 2. The molecule has 4 nitrogen and oxygen atoms in total. The van der Waals surface area contributed by atoms with Crippen LogP contribution in [0.15, 0.2) is 36.0 Å². The summed E-state index contributed by atoms with van der Waals surface area (Å²) in [4.78, 5) is 21.9. The van der Waals surface area contributed by atoms with Crippen molar-refractivity contribution in [3.8, 4) is 0 Å². The van der Waals surface area contributed by atoms with Crippen LogP contribution in [0.4, 0.5) is 0 Å². The molecule has 1 aliphatic rings.